The minimum absolute atomic E-state index is 0.0961. The van der Waals surface area contributed by atoms with Crippen LogP contribution in [0.15, 0.2) is 37.1 Å². The summed E-state index contributed by atoms with van der Waals surface area (Å²) in [6, 6.07) is 2.09. The Hall–Kier alpha value is -2.38. The summed E-state index contributed by atoms with van der Waals surface area (Å²) < 4.78 is 12.1. The van der Waals surface area contributed by atoms with Crippen molar-refractivity contribution >= 4 is 5.91 Å². The van der Waals surface area contributed by atoms with Crippen LogP contribution in [0.3, 0.4) is 0 Å². The van der Waals surface area contributed by atoms with Crippen molar-refractivity contribution in [2.24, 2.45) is 0 Å². The number of nitrogens with zero attached hydrogens (tertiary/aromatic N) is 4. The van der Waals surface area contributed by atoms with E-state index >= 15 is 0 Å². The zero-order valence-electron chi connectivity index (χ0n) is 14.8. The molecule has 1 spiro atoms. The van der Waals surface area contributed by atoms with E-state index in [0.29, 0.717) is 32.0 Å². The van der Waals surface area contributed by atoms with E-state index in [-0.39, 0.29) is 17.6 Å². The Labute approximate surface area is 152 Å². The Bertz CT molecular complexity index is 777. The summed E-state index contributed by atoms with van der Waals surface area (Å²) in [7, 11) is 0. The molecule has 1 amide bonds. The fourth-order valence-corrected chi connectivity index (χ4v) is 3.62. The van der Waals surface area contributed by atoms with Gasteiger partial charge in [-0.2, -0.15) is 0 Å². The van der Waals surface area contributed by atoms with Gasteiger partial charge in [-0.25, -0.2) is 4.98 Å². The summed E-state index contributed by atoms with van der Waals surface area (Å²) in [6.07, 6.45) is 10.1. The molecule has 0 unspecified atom stereocenters. The van der Waals surface area contributed by atoms with Crippen molar-refractivity contribution in [2.45, 2.75) is 38.1 Å². The van der Waals surface area contributed by atoms with Crippen LogP contribution in [0.4, 0.5) is 0 Å². The highest BCUT2D eigenvalue weighted by Crippen LogP contribution is 2.36. The molecule has 0 aliphatic carbocycles. The third-order valence-corrected chi connectivity index (χ3v) is 4.89. The maximum Gasteiger partial charge on any atom is 0.274 e. The van der Waals surface area contributed by atoms with Gasteiger partial charge in [0.15, 0.2) is 0 Å². The van der Waals surface area contributed by atoms with Crippen LogP contribution in [0.25, 0.3) is 0 Å². The second-order valence-electron chi connectivity index (χ2n) is 7.08. The molecule has 0 aromatic carbocycles. The first-order valence-electron chi connectivity index (χ1n) is 8.85. The Kier molecular flexibility index (Phi) is 4.65. The number of pyridine rings is 1. The number of aromatic nitrogens is 3. The number of likely N-dealkylation sites (tertiary alicyclic amines) is 1. The van der Waals surface area contributed by atoms with Crippen LogP contribution in [0, 0.1) is 6.92 Å². The number of amides is 1. The van der Waals surface area contributed by atoms with Gasteiger partial charge in [0.05, 0.1) is 32.0 Å². The van der Waals surface area contributed by atoms with Gasteiger partial charge in [-0.05, 0) is 24.5 Å². The van der Waals surface area contributed by atoms with E-state index in [4.69, 9.17) is 9.47 Å². The number of aryl methyl sites for hydroxylation is 1. The van der Waals surface area contributed by atoms with Crippen LogP contribution >= 0.6 is 0 Å². The van der Waals surface area contributed by atoms with Crippen LogP contribution in [0.1, 0.15) is 34.5 Å². The van der Waals surface area contributed by atoms with E-state index in [9.17, 15) is 4.79 Å². The molecule has 2 aromatic heterocycles. The summed E-state index contributed by atoms with van der Waals surface area (Å²) in [5.41, 5.74) is 2.30. The Balaban J connectivity index is 1.31. The summed E-state index contributed by atoms with van der Waals surface area (Å²) >= 11 is 0. The van der Waals surface area contributed by atoms with Gasteiger partial charge in [0.1, 0.15) is 11.3 Å². The SMILES string of the molecule is Cc1cncc(CO[C@@H]2CCOC3(C2)CN(C(=O)c2cnccn2)C3)c1. The topological polar surface area (TPSA) is 77.4 Å². The van der Waals surface area contributed by atoms with Crippen molar-refractivity contribution in [1.82, 2.24) is 19.9 Å². The quantitative estimate of drug-likeness (QED) is 0.833. The van der Waals surface area contributed by atoms with Crippen molar-refractivity contribution in [1.29, 1.82) is 0 Å². The van der Waals surface area contributed by atoms with Gasteiger partial charge in [-0.1, -0.05) is 6.07 Å². The standard InChI is InChI=1S/C19H22N4O3/c1-14-6-15(9-21-8-14)11-25-16-2-5-26-19(7-16)12-23(13-19)18(24)17-10-20-3-4-22-17/h3-4,6,8-10,16H,2,5,7,11-13H2,1H3/t16-/m1/s1. The lowest BCUT2D eigenvalue weighted by Gasteiger charge is -2.52. The molecule has 0 saturated carbocycles. The molecule has 4 heterocycles. The predicted molar refractivity (Wildman–Crippen MR) is 93.4 cm³/mol. The molecule has 7 heteroatoms. The second-order valence-corrected chi connectivity index (χ2v) is 7.08. The Morgan fingerprint density at radius 3 is 2.96 bits per heavy atom. The molecule has 2 aromatic rings. The first-order valence-corrected chi connectivity index (χ1v) is 8.85. The second kappa shape index (κ2) is 7.09. The van der Waals surface area contributed by atoms with E-state index in [1.54, 1.807) is 11.1 Å². The van der Waals surface area contributed by atoms with Crippen LogP contribution in [-0.2, 0) is 16.1 Å². The summed E-state index contributed by atoms with van der Waals surface area (Å²) in [6.45, 7) is 4.39. The molecule has 4 rings (SSSR count). The van der Waals surface area contributed by atoms with Gasteiger partial charge in [-0.3, -0.25) is 14.8 Å². The molecule has 2 aliphatic rings. The minimum atomic E-state index is -0.286. The third kappa shape index (κ3) is 3.59. The van der Waals surface area contributed by atoms with Gasteiger partial charge < -0.3 is 14.4 Å². The van der Waals surface area contributed by atoms with Gasteiger partial charge in [-0.15, -0.1) is 0 Å². The number of rotatable bonds is 4. The molecular formula is C19H22N4O3. The average Bonchev–Trinajstić information content (AvgIpc) is 2.65. The predicted octanol–water partition coefficient (Wildman–Crippen LogP) is 1.77. The van der Waals surface area contributed by atoms with Crippen molar-refractivity contribution in [2.75, 3.05) is 19.7 Å². The molecule has 2 saturated heterocycles. The maximum absolute atomic E-state index is 12.4. The number of ether oxygens (including phenoxy) is 2. The summed E-state index contributed by atoms with van der Waals surface area (Å²) in [5, 5.41) is 0. The van der Waals surface area contributed by atoms with Gasteiger partial charge in [0.2, 0.25) is 0 Å². The molecule has 2 fully saturated rings. The van der Waals surface area contributed by atoms with Crippen molar-refractivity contribution in [3.8, 4) is 0 Å². The molecule has 26 heavy (non-hydrogen) atoms. The fourth-order valence-electron chi connectivity index (χ4n) is 3.62. The van der Waals surface area contributed by atoms with E-state index in [1.807, 2.05) is 19.3 Å². The van der Waals surface area contributed by atoms with Crippen molar-refractivity contribution in [3.05, 3.63) is 53.9 Å². The van der Waals surface area contributed by atoms with E-state index in [2.05, 4.69) is 21.0 Å². The molecule has 0 N–H and O–H groups in total. The monoisotopic (exact) mass is 354 g/mol. The lowest BCUT2D eigenvalue weighted by atomic mass is 9.84. The largest absolute Gasteiger partial charge is 0.373 e. The number of carbonyl (C=O) groups excluding carboxylic acids is 1. The van der Waals surface area contributed by atoms with Gasteiger partial charge >= 0.3 is 0 Å². The molecule has 136 valence electrons. The highest BCUT2D eigenvalue weighted by molar-refractivity contribution is 5.92. The highest BCUT2D eigenvalue weighted by Gasteiger charge is 2.49. The molecular weight excluding hydrogens is 332 g/mol. The van der Waals surface area contributed by atoms with E-state index in [1.165, 1.54) is 12.4 Å². The molecule has 0 bridgehead atoms. The number of carbonyl (C=O) groups is 1. The Morgan fingerprint density at radius 2 is 2.19 bits per heavy atom. The van der Waals surface area contributed by atoms with Crippen LogP contribution in [0.5, 0.6) is 0 Å². The van der Waals surface area contributed by atoms with Crippen molar-refractivity contribution in [3.63, 3.8) is 0 Å². The number of hydrogen-bond donors (Lipinski definition) is 0. The maximum atomic E-state index is 12.4. The fraction of sp³-hybridized carbons (Fsp3) is 0.474. The smallest absolute Gasteiger partial charge is 0.274 e. The first-order chi connectivity index (χ1) is 12.6. The zero-order valence-corrected chi connectivity index (χ0v) is 14.8. The van der Waals surface area contributed by atoms with Gasteiger partial charge in [0.25, 0.3) is 5.91 Å². The molecule has 0 radical (unpaired) electrons. The van der Waals surface area contributed by atoms with E-state index in [0.717, 1.165) is 24.0 Å². The lowest BCUT2D eigenvalue weighted by molar-refractivity contribution is -0.188. The highest BCUT2D eigenvalue weighted by atomic mass is 16.5. The van der Waals surface area contributed by atoms with Crippen LogP contribution in [0.2, 0.25) is 0 Å². The van der Waals surface area contributed by atoms with Crippen LogP contribution in [-0.4, -0.2) is 57.2 Å². The van der Waals surface area contributed by atoms with E-state index < -0.39 is 0 Å². The van der Waals surface area contributed by atoms with Crippen molar-refractivity contribution < 1.29 is 14.3 Å². The first kappa shape index (κ1) is 17.1. The summed E-state index contributed by atoms with van der Waals surface area (Å²) in [4.78, 5) is 26.4. The summed E-state index contributed by atoms with van der Waals surface area (Å²) in [5.74, 6) is -0.0961. The minimum Gasteiger partial charge on any atom is -0.373 e. The van der Waals surface area contributed by atoms with Gasteiger partial charge in [0, 0.05) is 37.8 Å². The molecule has 1 atom stereocenters. The van der Waals surface area contributed by atoms with Crippen LogP contribution < -0.4 is 0 Å². The normalized spacial score (nSPS) is 21.4. The third-order valence-electron chi connectivity index (χ3n) is 4.89. The Morgan fingerprint density at radius 1 is 1.31 bits per heavy atom. The lowest BCUT2D eigenvalue weighted by Crippen LogP contribution is -2.67. The number of hydrogen-bond acceptors (Lipinski definition) is 6. The molecule has 7 nitrogen and oxygen atoms in total. The average molecular weight is 354 g/mol. The molecule has 2 aliphatic heterocycles. The zero-order chi connectivity index (χ0) is 18.0.